The normalized spacial score (nSPS) is 30.4. The van der Waals surface area contributed by atoms with E-state index in [1.54, 1.807) is 0 Å². The van der Waals surface area contributed by atoms with Crippen molar-refractivity contribution < 1.29 is 43.7 Å². The van der Waals surface area contributed by atoms with E-state index in [0.29, 0.717) is 5.56 Å². The zero-order valence-corrected chi connectivity index (χ0v) is 22.4. The molecule has 0 bridgehead atoms. The van der Waals surface area contributed by atoms with E-state index >= 15 is 0 Å². The number of Topliss-reactive ketones (excluding diaryl/α,β-unsaturated/α-hetero) is 4. The van der Waals surface area contributed by atoms with Gasteiger partial charge in [0.1, 0.15) is 5.75 Å². The molecule has 2 unspecified atom stereocenters. The maximum Gasteiger partial charge on any atom is 0.411 e. The second-order valence-corrected chi connectivity index (χ2v) is 12.0. The smallest absolute Gasteiger partial charge is 0.411 e. The largest absolute Gasteiger partial charge is 0.505 e. The number of nitrogens with one attached hydrogen (secondary N) is 1. The lowest BCUT2D eigenvalue weighted by atomic mass is 9.52. The van der Waals surface area contributed by atoms with E-state index in [-0.39, 0.29) is 36.1 Å². The molecule has 39 heavy (non-hydrogen) atoms. The number of nitrogens with zero attached hydrogens (tertiary/aromatic N) is 1. The first-order chi connectivity index (χ1) is 18.0. The summed E-state index contributed by atoms with van der Waals surface area (Å²) < 4.78 is 5.15. The number of ketones is 4. The van der Waals surface area contributed by atoms with Gasteiger partial charge in [-0.25, -0.2) is 4.79 Å². The predicted molar refractivity (Wildman–Crippen MR) is 136 cm³/mol. The highest BCUT2D eigenvalue weighted by molar-refractivity contribution is 6.32. The molecule has 0 heterocycles. The second-order valence-electron chi connectivity index (χ2n) is 12.0. The van der Waals surface area contributed by atoms with Gasteiger partial charge in [-0.05, 0) is 49.9 Å². The van der Waals surface area contributed by atoms with Crippen LogP contribution in [0.3, 0.4) is 0 Å². The van der Waals surface area contributed by atoms with Crippen LogP contribution in [0, 0.1) is 29.1 Å². The lowest BCUT2D eigenvalue weighted by molar-refractivity contribution is -0.181. The number of primary amides is 1. The number of fused-ring (bicyclic) bond motifs is 3. The van der Waals surface area contributed by atoms with Crippen molar-refractivity contribution >= 4 is 40.8 Å². The van der Waals surface area contributed by atoms with E-state index in [9.17, 15) is 39.0 Å². The Kier molecular flexibility index (Phi) is 6.93. The summed E-state index contributed by atoms with van der Waals surface area (Å²) in [5.41, 5.74) is 2.30. The molecule has 3 aliphatic rings. The average Bonchev–Trinajstić information content (AvgIpc) is 2.81. The lowest BCUT2D eigenvalue weighted by Crippen LogP contribution is -2.74. The number of phenolic OH excluding ortho intramolecular Hbond substituents is 1. The number of carbonyl (C=O) groups is 6. The van der Waals surface area contributed by atoms with Gasteiger partial charge in [-0.2, -0.15) is 0 Å². The van der Waals surface area contributed by atoms with Crippen LogP contribution in [0.15, 0.2) is 12.1 Å². The van der Waals surface area contributed by atoms with E-state index in [0.717, 1.165) is 0 Å². The first-order valence-corrected chi connectivity index (χ1v) is 12.6. The number of aromatic hydroxyl groups is 1. The maximum absolute atomic E-state index is 13.8. The molecule has 2 fully saturated rings. The zero-order valence-electron chi connectivity index (χ0n) is 22.4. The number of ether oxygens (including phenoxy) is 1. The van der Waals surface area contributed by atoms with E-state index in [4.69, 9.17) is 10.5 Å². The Labute approximate surface area is 224 Å². The summed E-state index contributed by atoms with van der Waals surface area (Å²) in [6, 6.07) is 1.79. The molecule has 12 heteroatoms. The first kappa shape index (κ1) is 28.4. The number of carbonyl (C=O) groups excluding carboxylic acids is 6. The molecule has 0 aromatic heterocycles. The van der Waals surface area contributed by atoms with Crippen molar-refractivity contribution in [3.63, 3.8) is 0 Å². The van der Waals surface area contributed by atoms with Crippen LogP contribution < -0.4 is 11.1 Å². The van der Waals surface area contributed by atoms with E-state index in [1.807, 2.05) is 20.8 Å². The Morgan fingerprint density at radius 3 is 2.36 bits per heavy atom. The minimum absolute atomic E-state index is 0.0379. The van der Waals surface area contributed by atoms with Crippen LogP contribution in [0.2, 0.25) is 0 Å². The highest BCUT2D eigenvalue weighted by Gasteiger charge is 2.69. The number of amides is 2. The molecular formula is C27H33N3O9. The topological polar surface area (TPSA) is 193 Å². The summed E-state index contributed by atoms with van der Waals surface area (Å²) in [5.74, 6) is -11.4. The molecule has 4 rings (SSSR count). The molecule has 2 saturated carbocycles. The molecule has 2 amide bonds. The number of benzene rings is 1. The predicted octanol–water partition coefficient (Wildman–Crippen LogP) is 0.462. The molecule has 0 radical (unpaired) electrons. The number of phenols is 1. The van der Waals surface area contributed by atoms with E-state index in [2.05, 4.69) is 5.32 Å². The number of likely N-dealkylation sites (N-methyl/N-ethyl adjacent to an activating group) is 1. The molecule has 6 atom stereocenters. The molecule has 3 aliphatic carbocycles. The molecule has 1 aromatic rings. The Bertz CT molecular complexity index is 1300. The van der Waals surface area contributed by atoms with Gasteiger partial charge in [0.05, 0.1) is 29.8 Å². The van der Waals surface area contributed by atoms with Crippen molar-refractivity contribution in [3.8, 4) is 5.75 Å². The Balaban J connectivity index is 1.71. The minimum Gasteiger partial charge on any atom is -0.505 e. The number of rotatable bonds is 4. The molecule has 0 saturated heterocycles. The highest BCUT2D eigenvalue weighted by Crippen LogP contribution is 2.51. The maximum atomic E-state index is 13.8. The molecule has 0 spiro atoms. The van der Waals surface area contributed by atoms with Crippen LogP contribution in [-0.2, 0) is 30.3 Å². The van der Waals surface area contributed by atoms with Crippen LogP contribution in [0.5, 0.6) is 5.75 Å². The third-order valence-corrected chi connectivity index (χ3v) is 7.81. The van der Waals surface area contributed by atoms with Gasteiger partial charge in [0.15, 0.2) is 34.7 Å². The summed E-state index contributed by atoms with van der Waals surface area (Å²) in [7, 11) is 3.04. The fraction of sp³-hybridized carbons (Fsp3) is 0.556. The molecule has 1 aromatic carbocycles. The molecule has 12 nitrogen and oxygen atoms in total. The number of hydrogen-bond donors (Lipinski definition) is 4. The second kappa shape index (κ2) is 9.53. The Morgan fingerprint density at radius 1 is 1.15 bits per heavy atom. The van der Waals surface area contributed by atoms with Crippen molar-refractivity contribution in [1.82, 2.24) is 4.90 Å². The van der Waals surface area contributed by atoms with Crippen molar-refractivity contribution in [2.75, 3.05) is 26.0 Å². The summed E-state index contributed by atoms with van der Waals surface area (Å²) >= 11 is 0. The van der Waals surface area contributed by atoms with E-state index in [1.165, 1.54) is 31.1 Å². The monoisotopic (exact) mass is 543 g/mol. The Morgan fingerprint density at radius 2 is 1.79 bits per heavy atom. The van der Waals surface area contributed by atoms with Gasteiger partial charge in [0, 0.05) is 5.92 Å². The third-order valence-electron chi connectivity index (χ3n) is 7.81. The number of anilines is 1. The molecular weight excluding hydrogens is 510 g/mol. The standard InChI is InChI=1S/C27H33N3O9/c1-26(2,3)10-39-25(37)29-14-7-6-11-8-12-9-13-18(30(4)5)21(33)17(24(28)36)23(35)27(13,38)22(34)16(12)20(32)15(11)19(14)31/h6-7,12-13,16-18,31,38H,8-10H2,1-5H3,(H2,28,36)(H,29,37)/t12-,13-,16?,17?,18-,27-/m0/s1. The Hall–Kier alpha value is -3.64. The van der Waals surface area contributed by atoms with Gasteiger partial charge in [0.25, 0.3) is 0 Å². The number of nitrogens with two attached hydrogens (primary N) is 1. The van der Waals surface area contributed by atoms with Crippen molar-refractivity contribution in [1.29, 1.82) is 0 Å². The van der Waals surface area contributed by atoms with Crippen LogP contribution in [0.1, 0.15) is 43.1 Å². The summed E-state index contributed by atoms with van der Waals surface area (Å²) in [4.78, 5) is 79.6. The zero-order chi connectivity index (χ0) is 29.2. The fourth-order valence-corrected chi connectivity index (χ4v) is 6.11. The first-order valence-electron chi connectivity index (χ1n) is 12.6. The SMILES string of the molecule is CN(C)[C@@H]1C(=O)C(C(N)=O)C(=O)[C@@]2(O)C(=O)C3C(=O)c4c(ccc(NC(=O)OCC(C)(C)C)c4O)C[C@H]3C[C@@H]12. The highest BCUT2D eigenvalue weighted by atomic mass is 16.5. The fourth-order valence-electron chi connectivity index (χ4n) is 6.11. The van der Waals surface area contributed by atoms with Crippen LogP contribution in [0.25, 0.3) is 0 Å². The van der Waals surface area contributed by atoms with Crippen molar-refractivity contribution in [2.45, 2.75) is 45.3 Å². The van der Waals surface area contributed by atoms with Gasteiger partial charge in [0.2, 0.25) is 5.91 Å². The summed E-state index contributed by atoms with van der Waals surface area (Å²) in [6.07, 6.45) is -0.755. The molecule has 0 aliphatic heterocycles. The van der Waals surface area contributed by atoms with Gasteiger partial charge < -0.3 is 20.7 Å². The van der Waals surface area contributed by atoms with Crippen molar-refractivity contribution in [3.05, 3.63) is 23.3 Å². The molecule has 210 valence electrons. The van der Waals surface area contributed by atoms with Gasteiger partial charge in [-0.15, -0.1) is 0 Å². The third kappa shape index (κ3) is 4.51. The van der Waals surface area contributed by atoms with Crippen molar-refractivity contribution in [2.24, 2.45) is 34.8 Å². The summed E-state index contributed by atoms with van der Waals surface area (Å²) in [6.45, 7) is 5.69. The summed E-state index contributed by atoms with van der Waals surface area (Å²) in [5, 5.41) is 24.9. The van der Waals surface area contributed by atoms with Gasteiger partial charge in [-0.1, -0.05) is 26.8 Å². The molecule has 5 N–H and O–H groups in total. The average molecular weight is 544 g/mol. The lowest BCUT2D eigenvalue weighted by Gasteiger charge is -2.52. The van der Waals surface area contributed by atoms with Gasteiger partial charge in [-0.3, -0.25) is 34.2 Å². The quantitative estimate of drug-likeness (QED) is 0.306. The van der Waals surface area contributed by atoms with Gasteiger partial charge >= 0.3 is 6.09 Å². The number of aliphatic hydroxyl groups is 1. The van der Waals surface area contributed by atoms with Crippen LogP contribution in [-0.4, -0.2) is 82.6 Å². The minimum atomic E-state index is -2.79. The van der Waals surface area contributed by atoms with Crippen LogP contribution in [0.4, 0.5) is 10.5 Å². The number of hydrogen-bond acceptors (Lipinski definition) is 10. The van der Waals surface area contributed by atoms with Crippen LogP contribution >= 0.6 is 0 Å². The van der Waals surface area contributed by atoms with E-state index < -0.39 is 76.2 Å².